The fraction of sp³-hybridized carbons (Fsp3) is 0.161. The molecule has 0 aromatic heterocycles. The second kappa shape index (κ2) is 10.6. The molecule has 0 saturated heterocycles. The van der Waals surface area contributed by atoms with Crippen LogP contribution >= 0.6 is 0 Å². The molecule has 0 saturated carbocycles. The quantitative estimate of drug-likeness (QED) is 0.223. The predicted octanol–water partition coefficient (Wildman–Crippen LogP) is 7.67. The van der Waals surface area contributed by atoms with Crippen molar-refractivity contribution >= 4 is 10.8 Å². The summed E-state index contributed by atoms with van der Waals surface area (Å²) in [5.41, 5.74) is 6.02. The highest BCUT2D eigenvalue weighted by Gasteiger charge is 1.99. The lowest BCUT2D eigenvalue weighted by Gasteiger charge is -2.05. The SMILES string of the molecule is C/C=C/CCc1ccc(CCc2ccc(C#Cc3ccc4cc(F)ccc4c3)cc2)cc1. The number of rotatable bonds is 6. The first-order valence-electron chi connectivity index (χ1n) is 11.2. The van der Waals surface area contributed by atoms with Crippen molar-refractivity contribution in [3.8, 4) is 11.8 Å². The standard InChI is InChI=1S/C31H27F/c1-2-3-4-5-24-6-8-25(9-7-24)10-11-26-12-14-27(15-13-26)16-17-28-18-19-30-23-31(32)21-20-29(30)22-28/h2-3,6-9,12-15,18-23H,4-5,10-11H2,1H3/b3-2+. The summed E-state index contributed by atoms with van der Waals surface area (Å²) in [6, 6.07) is 28.2. The smallest absolute Gasteiger partial charge is 0.123 e. The predicted molar refractivity (Wildman–Crippen MR) is 133 cm³/mol. The van der Waals surface area contributed by atoms with Gasteiger partial charge >= 0.3 is 0 Å². The van der Waals surface area contributed by atoms with Gasteiger partial charge in [-0.1, -0.05) is 72.5 Å². The molecule has 0 unspecified atom stereocenters. The molecule has 0 radical (unpaired) electrons. The summed E-state index contributed by atoms with van der Waals surface area (Å²) in [4.78, 5) is 0. The zero-order valence-corrected chi connectivity index (χ0v) is 18.4. The summed E-state index contributed by atoms with van der Waals surface area (Å²) in [5.74, 6) is 6.24. The molecule has 0 aliphatic carbocycles. The van der Waals surface area contributed by atoms with E-state index >= 15 is 0 Å². The Bertz CT molecular complexity index is 1270. The van der Waals surface area contributed by atoms with Crippen LogP contribution in [0.4, 0.5) is 4.39 Å². The van der Waals surface area contributed by atoms with E-state index in [1.54, 1.807) is 12.1 Å². The van der Waals surface area contributed by atoms with Gasteiger partial charge in [0.2, 0.25) is 0 Å². The third kappa shape index (κ3) is 5.96. The molecule has 4 aromatic rings. The largest absolute Gasteiger partial charge is 0.207 e. The number of aryl methyl sites for hydroxylation is 3. The molecule has 0 atom stereocenters. The van der Waals surface area contributed by atoms with E-state index in [2.05, 4.69) is 79.4 Å². The highest BCUT2D eigenvalue weighted by Crippen LogP contribution is 2.17. The molecule has 0 nitrogen and oxygen atoms in total. The Labute approximate surface area is 190 Å². The van der Waals surface area contributed by atoms with Crippen LogP contribution in [0.2, 0.25) is 0 Å². The van der Waals surface area contributed by atoms with Crippen molar-refractivity contribution in [3.05, 3.63) is 131 Å². The van der Waals surface area contributed by atoms with Gasteiger partial charge in [0.1, 0.15) is 5.82 Å². The van der Waals surface area contributed by atoms with Crippen LogP contribution in [0.5, 0.6) is 0 Å². The Hall–Kier alpha value is -3.63. The van der Waals surface area contributed by atoms with Crippen molar-refractivity contribution in [2.45, 2.75) is 32.6 Å². The molecular weight excluding hydrogens is 391 g/mol. The minimum Gasteiger partial charge on any atom is -0.207 e. The van der Waals surface area contributed by atoms with Crippen LogP contribution in [0.25, 0.3) is 10.8 Å². The third-order valence-electron chi connectivity index (χ3n) is 5.67. The summed E-state index contributed by atoms with van der Waals surface area (Å²) in [6.45, 7) is 2.07. The molecule has 158 valence electrons. The second-order valence-electron chi connectivity index (χ2n) is 8.08. The van der Waals surface area contributed by atoms with Gasteiger partial charge in [0, 0.05) is 11.1 Å². The van der Waals surface area contributed by atoms with Crippen LogP contribution < -0.4 is 0 Å². The Kier molecular flexibility index (Phi) is 7.15. The minimum atomic E-state index is -0.214. The number of benzene rings is 4. The van der Waals surface area contributed by atoms with Gasteiger partial charge < -0.3 is 0 Å². The van der Waals surface area contributed by atoms with Crippen molar-refractivity contribution < 1.29 is 4.39 Å². The van der Waals surface area contributed by atoms with Gasteiger partial charge in [-0.25, -0.2) is 4.39 Å². The highest BCUT2D eigenvalue weighted by molar-refractivity contribution is 5.84. The Morgan fingerprint density at radius 3 is 1.84 bits per heavy atom. The molecule has 32 heavy (non-hydrogen) atoms. The van der Waals surface area contributed by atoms with Gasteiger partial charge in [-0.05, 0) is 96.5 Å². The van der Waals surface area contributed by atoms with Crippen LogP contribution in [-0.4, -0.2) is 0 Å². The fourth-order valence-corrected chi connectivity index (χ4v) is 3.77. The van der Waals surface area contributed by atoms with Crippen LogP contribution in [0.15, 0.2) is 97.1 Å². The maximum atomic E-state index is 13.3. The lowest BCUT2D eigenvalue weighted by molar-refractivity contribution is 0.630. The molecule has 4 aromatic carbocycles. The first kappa shape index (κ1) is 21.6. The molecule has 0 amide bonds. The number of allylic oxidation sites excluding steroid dienone is 2. The summed E-state index contributed by atoms with van der Waals surface area (Å²) in [5, 5.41) is 1.89. The van der Waals surface area contributed by atoms with E-state index in [4.69, 9.17) is 0 Å². The molecule has 0 aliphatic heterocycles. The maximum Gasteiger partial charge on any atom is 0.123 e. The number of hydrogen-bond donors (Lipinski definition) is 0. The first-order chi connectivity index (χ1) is 15.7. The van der Waals surface area contributed by atoms with Crippen molar-refractivity contribution in [2.75, 3.05) is 0 Å². The molecule has 0 fully saturated rings. The maximum absolute atomic E-state index is 13.3. The lowest BCUT2D eigenvalue weighted by atomic mass is 10.0. The summed E-state index contributed by atoms with van der Waals surface area (Å²) in [6.07, 6.45) is 8.59. The van der Waals surface area contributed by atoms with Crippen molar-refractivity contribution in [1.29, 1.82) is 0 Å². The summed E-state index contributed by atoms with van der Waals surface area (Å²) < 4.78 is 13.3. The number of hydrogen-bond acceptors (Lipinski definition) is 0. The van der Waals surface area contributed by atoms with Crippen molar-refractivity contribution in [2.24, 2.45) is 0 Å². The van der Waals surface area contributed by atoms with Gasteiger partial charge in [-0.15, -0.1) is 0 Å². The Morgan fingerprint density at radius 2 is 1.16 bits per heavy atom. The van der Waals surface area contributed by atoms with E-state index in [9.17, 15) is 4.39 Å². The topological polar surface area (TPSA) is 0 Å². The Balaban J connectivity index is 1.34. The molecule has 0 spiro atoms. The molecule has 0 bridgehead atoms. The van der Waals surface area contributed by atoms with Gasteiger partial charge in [0.25, 0.3) is 0 Å². The summed E-state index contributed by atoms with van der Waals surface area (Å²) in [7, 11) is 0. The minimum absolute atomic E-state index is 0.214. The highest BCUT2D eigenvalue weighted by atomic mass is 19.1. The van der Waals surface area contributed by atoms with E-state index < -0.39 is 0 Å². The van der Waals surface area contributed by atoms with Gasteiger partial charge in [-0.3, -0.25) is 0 Å². The third-order valence-corrected chi connectivity index (χ3v) is 5.67. The van der Waals surface area contributed by atoms with E-state index in [0.29, 0.717) is 0 Å². The number of fused-ring (bicyclic) bond motifs is 1. The van der Waals surface area contributed by atoms with Crippen LogP contribution in [0.1, 0.15) is 41.2 Å². The lowest BCUT2D eigenvalue weighted by Crippen LogP contribution is -1.92. The second-order valence-corrected chi connectivity index (χ2v) is 8.08. The molecule has 0 N–H and O–H groups in total. The normalized spacial score (nSPS) is 10.9. The van der Waals surface area contributed by atoms with E-state index in [0.717, 1.165) is 47.6 Å². The average Bonchev–Trinajstić information content (AvgIpc) is 2.83. The van der Waals surface area contributed by atoms with Gasteiger partial charge in [-0.2, -0.15) is 0 Å². The van der Waals surface area contributed by atoms with Crippen LogP contribution in [-0.2, 0) is 19.3 Å². The van der Waals surface area contributed by atoms with E-state index in [1.807, 2.05) is 18.2 Å². The molecule has 0 aliphatic rings. The zero-order valence-electron chi connectivity index (χ0n) is 18.4. The van der Waals surface area contributed by atoms with Crippen LogP contribution in [0, 0.1) is 17.7 Å². The fourth-order valence-electron chi connectivity index (χ4n) is 3.77. The number of halogens is 1. The first-order valence-corrected chi connectivity index (χ1v) is 11.2. The zero-order chi connectivity index (χ0) is 22.2. The van der Waals surface area contributed by atoms with Gasteiger partial charge in [0.15, 0.2) is 0 Å². The van der Waals surface area contributed by atoms with E-state index in [1.165, 1.54) is 22.8 Å². The van der Waals surface area contributed by atoms with E-state index in [-0.39, 0.29) is 5.82 Å². The Morgan fingerprint density at radius 1 is 0.625 bits per heavy atom. The van der Waals surface area contributed by atoms with Gasteiger partial charge in [0.05, 0.1) is 0 Å². The monoisotopic (exact) mass is 418 g/mol. The molecule has 1 heteroatoms. The van der Waals surface area contributed by atoms with Crippen LogP contribution in [0.3, 0.4) is 0 Å². The van der Waals surface area contributed by atoms with Crippen molar-refractivity contribution in [3.63, 3.8) is 0 Å². The molecular formula is C31H27F. The average molecular weight is 419 g/mol. The molecule has 0 heterocycles. The summed E-state index contributed by atoms with van der Waals surface area (Å²) >= 11 is 0. The molecule has 4 rings (SSSR count). The van der Waals surface area contributed by atoms with Crippen molar-refractivity contribution in [1.82, 2.24) is 0 Å².